The number of amides is 1. The molecule has 0 unspecified atom stereocenters. The number of methoxy groups -OCH3 is 1. The molecule has 1 aliphatic heterocycles. The lowest BCUT2D eigenvalue weighted by Gasteiger charge is -2.14. The van der Waals surface area contributed by atoms with E-state index in [0.29, 0.717) is 28.9 Å². The second kappa shape index (κ2) is 7.58. The molecule has 3 rings (SSSR count). The molecule has 1 heterocycles. The summed E-state index contributed by atoms with van der Waals surface area (Å²) in [7, 11) is 1.59. The fraction of sp³-hybridized carbons (Fsp3) is 0.200. The summed E-state index contributed by atoms with van der Waals surface area (Å²) in [5.41, 5.74) is 3.05. The number of thiocarbonyl (C=S) groups is 1. The van der Waals surface area contributed by atoms with E-state index in [1.165, 1.54) is 4.90 Å². The van der Waals surface area contributed by atoms with Crippen LogP contribution in [-0.4, -0.2) is 24.7 Å². The number of hydrogen-bond donors (Lipinski definition) is 1. The van der Waals surface area contributed by atoms with Gasteiger partial charge in [0, 0.05) is 0 Å². The van der Waals surface area contributed by atoms with Crippen LogP contribution in [0.1, 0.15) is 18.1 Å². The summed E-state index contributed by atoms with van der Waals surface area (Å²) in [4.78, 5) is 14.3. The molecule has 6 heteroatoms. The number of carbonyl (C=O) groups excluding carboxylic acids is 1. The molecule has 0 saturated carbocycles. The lowest BCUT2D eigenvalue weighted by atomic mass is 10.1. The smallest absolute Gasteiger partial charge is 0.281 e. The fourth-order valence-corrected chi connectivity index (χ4v) is 3.05. The molecule has 0 aliphatic carbocycles. The monoisotopic (exact) mass is 368 g/mol. The van der Waals surface area contributed by atoms with E-state index in [2.05, 4.69) is 5.32 Å². The number of carbonyl (C=O) groups is 1. The Labute approximate surface area is 158 Å². The van der Waals surface area contributed by atoms with Crippen molar-refractivity contribution in [2.75, 3.05) is 18.6 Å². The highest BCUT2D eigenvalue weighted by molar-refractivity contribution is 7.80. The zero-order valence-corrected chi connectivity index (χ0v) is 15.7. The molecule has 1 saturated heterocycles. The molecule has 1 N–H and O–H groups in total. The Bertz CT molecular complexity index is 892. The van der Waals surface area contributed by atoms with Crippen molar-refractivity contribution in [3.05, 3.63) is 59.3 Å². The third kappa shape index (κ3) is 3.55. The van der Waals surface area contributed by atoms with Gasteiger partial charge in [-0.2, -0.15) is 0 Å². The van der Waals surface area contributed by atoms with Crippen molar-refractivity contribution in [3.8, 4) is 11.5 Å². The van der Waals surface area contributed by atoms with E-state index in [0.717, 1.165) is 16.8 Å². The molecular formula is C20H20N2O3S. The highest BCUT2D eigenvalue weighted by Crippen LogP contribution is 2.30. The molecule has 134 valence electrons. The van der Waals surface area contributed by atoms with Crippen LogP contribution in [0.2, 0.25) is 0 Å². The lowest BCUT2D eigenvalue weighted by Crippen LogP contribution is -2.30. The number of nitrogens with one attached hydrogen (secondary N) is 1. The standard InChI is InChI=1S/C20H20N2O3S/c1-4-25-17-9-8-14(12-18(17)24-3)11-16-19(23)22(20(26)21-16)15-7-5-6-13(2)10-15/h5-12H,4H2,1-3H3,(H,21,26)/b16-11-. The zero-order chi connectivity index (χ0) is 18.7. The second-order valence-corrected chi connectivity index (χ2v) is 6.20. The van der Waals surface area contributed by atoms with Crippen LogP contribution in [0.5, 0.6) is 11.5 Å². The topological polar surface area (TPSA) is 50.8 Å². The van der Waals surface area contributed by atoms with Gasteiger partial charge in [0.05, 0.1) is 19.4 Å². The molecule has 2 aromatic carbocycles. The van der Waals surface area contributed by atoms with Gasteiger partial charge < -0.3 is 14.8 Å². The number of benzene rings is 2. The Morgan fingerprint density at radius 2 is 2.00 bits per heavy atom. The van der Waals surface area contributed by atoms with Crippen LogP contribution < -0.4 is 19.7 Å². The number of hydrogen-bond acceptors (Lipinski definition) is 4. The van der Waals surface area contributed by atoms with E-state index in [-0.39, 0.29) is 5.91 Å². The summed E-state index contributed by atoms with van der Waals surface area (Å²) < 4.78 is 10.9. The van der Waals surface area contributed by atoms with Gasteiger partial charge in [0.2, 0.25) is 0 Å². The first kappa shape index (κ1) is 17.9. The van der Waals surface area contributed by atoms with Crippen molar-refractivity contribution in [3.63, 3.8) is 0 Å². The molecule has 0 aromatic heterocycles. The van der Waals surface area contributed by atoms with Crippen molar-refractivity contribution in [1.82, 2.24) is 5.32 Å². The summed E-state index contributed by atoms with van der Waals surface area (Å²) in [6.07, 6.45) is 1.75. The molecule has 5 nitrogen and oxygen atoms in total. The quantitative estimate of drug-likeness (QED) is 0.645. The van der Waals surface area contributed by atoms with Crippen LogP contribution in [-0.2, 0) is 4.79 Å². The Kier molecular flexibility index (Phi) is 5.23. The minimum absolute atomic E-state index is 0.187. The minimum Gasteiger partial charge on any atom is -0.493 e. The first-order valence-electron chi connectivity index (χ1n) is 8.28. The molecular weight excluding hydrogens is 348 g/mol. The maximum absolute atomic E-state index is 12.8. The molecule has 26 heavy (non-hydrogen) atoms. The normalized spacial score (nSPS) is 15.3. The van der Waals surface area contributed by atoms with E-state index in [1.807, 2.05) is 56.3 Å². The van der Waals surface area contributed by atoms with Crippen molar-refractivity contribution < 1.29 is 14.3 Å². The SMILES string of the molecule is CCOc1ccc(/C=C2\NC(=S)N(c3cccc(C)c3)C2=O)cc1OC. The first-order chi connectivity index (χ1) is 12.5. The first-order valence-corrected chi connectivity index (χ1v) is 8.69. The van der Waals surface area contributed by atoms with Gasteiger partial charge >= 0.3 is 0 Å². The summed E-state index contributed by atoms with van der Waals surface area (Å²) in [6.45, 7) is 4.44. The summed E-state index contributed by atoms with van der Waals surface area (Å²) >= 11 is 5.35. The number of aryl methyl sites for hydroxylation is 1. The molecule has 0 bridgehead atoms. The average Bonchev–Trinajstić information content (AvgIpc) is 2.90. The maximum atomic E-state index is 12.8. The molecule has 1 amide bonds. The van der Waals surface area contributed by atoms with E-state index in [1.54, 1.807) is 13.2 Å². The van der Waals surface area contributed by atoms with E-state index < -0.39 is 0 Å². The van der Waals surface area contributed by atoms with E-state index in [9.17, 15) is 4.79 Å². The average molecular weight is 368 g/mol. The Morgan fingerprint density at radius 1 is 1.19 bits per heavy atom. The van der Waals surface area contributed by atoms with Gasteiger partial charge in [-0.1, -0.05) is 18.2 Å². The van der Waals surface area contributed by atoms with Crippen LogP contribution in [0.15, 0.2) is 48.2 Å². The van der Waals surface area contributed by atoms with Gasteiger partial charge in [-0.05, 0) is 67.5 Å². The van der Waals surface area contributed by atoms with E-state index in [4.69, 9.17) is 21.7 Å². The summed E-state index contributed by atoms with van der Waals surface area (Å²) in [5, 5.41) is 3.36. The van der Waals surface area contributed by atoms with Gasteiger partial charge in [0.1, 0.15) is 5.70 Å². The van der Waals surface area contributed by atoms with Crippen LogP contribution in [0, 0.1) is 6.92 Å². The lowest BCUT2D eigenvalue weighted by molar-refractivity contribution is -0.113. The molecule has 2 aromatic rings. The van der Waals surface area contributed by atoms with Gasteiger partial charge in [-0.15, -0.1) is 0 Å². The van der Waals surface area contributed by atoms with Crippen LogP contribution in [0.4, 0.5) is 5.69 Å². The maximum Gasteiger partial charge on any atom is 0.281 e. The van der Waals surface area contributed by atoms with Crippen molar-refractivity contribution in [2.45, 2.75) is 13.8 Å². The summed E-state index contributed by atoms with van der Waals surface area (Å²) in [6, 6.07) is 13.2. The fourth-order valence-electron chi connectivity index (χ4n) is 2.75. The third-order valence-corrected chi connectivity index (χ3v) is 4.22. The van der Waals surface area contributed by atoms with Gasteiger partial charge in [-0.3, -0.25) is 9.69 Å². The Morgan fingerprint density at radius 3 is 2.69 bits per heavy atom. The summed E-state index contributed by atoms with van der Waals surface area (Å²) in [5.74, 6) is 1.10. The predicted molar refractivity (Wildman–Crippen MR) is 107 cm³/mol. The Hall–Kier alpha value is -2.86. The molecule has 0 spiro atoms. The molecule has 1 fully saturated rings. The van der Waals surface area contributed by atoms with Gasteiger partial charge in [0.25, 0.3) is 5.91 Å². The van der Waals surface area contributed by atoms with Crippen molar-refractivity contribution in [2.24, 2.45) is 0 Å². The zero-order valence-electron chi connectivity index (χ0n) is 14.9. The van der Waals surface area contributed by atoms with Gasteiger partial charge in [-0.25, -0.2) is 0 Å². The number of nitrogens with zero attached hydrogens (tertiary/aromatic N) is 1. The van der Waals surface area contributed by atoms with Crippen molar-refractivity contribution in [1.29, 1.82) is 0 Å². The van der Waals surface area contributed by atoms with Crippen molar-refractivity contribution >= 4 is 35.0 Å². The molecule has 1 aliphatic rings. The van der Waals surface area contributed by atoms with Crippen LogP contribution in [0.25, 0.3) is 6.08 Å². The van der Waals surface area contributed by atoms with Crippen LogP contribution in [0.3, 0.4) is 0 Å². The highest BCUT2D eigenvalue weighted by atomic mass is 32.1. The largest absolute Gasteiger partial charge is 0.493 e. The Balaban J connectivity index is 1.90. The number of ether oxygens (including phenoxy) is 2. The number of anilines is 1. The van der Waals surface area contributed by atoms with Crippen LogP contribution >= 0.6 is 12.2 Å². The van der Waals surface area contributed by atoms with E-state index >= 15 is 0 Å². The number of rotatable bonds is 5. The highest BCUT2D eigenvalue weighted by Gasteiger charge is 2.31. The third-order valence-electron chi connectivity index (χ3n) is 3.94. The molecule has 0 radical (unpaired) electrons. The second-order valence-electron chi connectivity index (χ2n) is 5.81. The van der Waals surface area contributed by atoms with Gasteiger partial charge in [0.15, 0.2) is 16.6 Å². The minimum atomic E-state index is -0.187. The predicted octanol–water partition coefficient (Wildman–Crippen LogP) is 3.66. The molecule has 0 atom stereocenters.